The first-order valence-electron chi connectivity index (χ1n) is 6.44. The molecule has 4 nitrogen and oxygen atoms in total. The Hall–Kier alpha value is -0.760. The number of carbonyl (C=O) groups is 1. The molecular formula is C13H17BrClF2N3O. The summed E-state index contributed by atoms with van der Waals surface area (Å²) in [5, 5.41) is 5.73. The lowest BCUT2D eigenvalue weighted by Gasteiger charge is -2.19. The van der Waals surface area contributed by atoms with Gasteiger partial charge in [-0.05, 0) is 41.5 Å². The van der Waals surface area contributed by atoms with E-state index in [0.29, 0.717) is 0 Å². The third kappa shape index (κ3) is 5.50. The Morgan fingerprint density at radius 3 is 2.81 bits per heavy atom. The SMILES string of the molecule is Cl.O=C(CN1CCCNCC1)Nc1c(F)cc(F)cc1Br. The largest absolute Gasteiger partial charge is 0.322 e. The third-order valence-electron chi connectivity index (χ3n) is 3.07. The van der Waals surface area contributed by atoms with E-state index in [1.165, 1.54) is 0 Å². The maximum Gasteiger partial charge on any atom is 0.238 e. The molecule has 1 saturated heterocycles. The highest BCUT2D eigenvalue weighted by Crippen LogP contribution is 2.26. The second kappa shape index (κ2) is 8.63. The van der Waals surface area contributed by atoms with Gasteiger partial charge in [0.2, 0.25) is 5.91 Å². The highest BCUT2D eigenvalue weighted by atomic mass is 79.9. The molecule has 0 spiro atoms. The Morgan fingerprint density at radius 2 is 2.10 bits per heavy atom. The van der Waals surface area contributed by atoms with Gasteiger partial charge in [-0.2, -0.15) is 0 Å². The molecule has 1 heterocycles. The van der Waals surface area contributed by atoms with Crippen LogP contribution in [0, 0.1) is 11.6 Å². The Morgan fingerprint density at radius 1 is 1.33 bits per heavy atom. The molecule has 0 unspecified atom stereocenters. The highest BCUT2D eigenvalue weighted by molar-refractivity contribution is 9.10. The number of halogens is 4. The molecule has 1 fully saturated rings. The standard InChI is InChI=1S/C13H16BrF2N3O.ClH/c14-10-6-9(15)7-11(16)13(10)18-12(20)8-19-4-1-2-17-3-5-19;/h6-7,17H,1-5,8H2,(H,18,20);1H. The van der Waals surface area contributed by atoms with Crippen LogP contribution < -0.4 is 10.6 Å². The fourth-order valence-corrected chi connectivity index (χ4v) is 2.61. The van der Waals surface area contributed by atoms with Crippen molar-refractivity contribution < 1.29 is 13.6 Å². The van der Waals surface area contributed by atoms with E-state index in [4.69, 9.17) is 0 Å². The summed E-state index contributed by atoms with van der Waals surface area (Å²) in [5.41, 5.74) is -0.0238. The van der Waals surface area contributed by atoms with E-state index >= 15 is 0 Å². The molecule has 1 aliphatic rings. The summed E-state index contributed by atoms with van der Waals surface area (Å²) in [4.78, 5) is 13.9. The summed E-state index contributed by atoms with van der Waals surface area (Å²) in [6.07, 6.45) is 0.974. The molecule has 0 bridgehead atoms. The van der Waals surface area contributed by atoms with Crippen LogP contribution in [-0.2, 0) is 4.79 Å². The van der Waals surface area contributed by atoms with Crippen molar-refractivity contribution in [1.29, 1.82) is 0 Å². The van der Waals surface area contributed by atoms with Crippen LogP contribution in [0.2, 0.25) is 0 Å². The Labute approximate surface area is 136 Å². The van der Waals surface area contributed by atoms with E-state index in [0.717, 1.165) is 44.7 Å². The van der Waals surface area contributed by atoms with Crippen LogP contribution in [0.15, 0.2) is 16.6 Å². The quantitative estimate of drug-likeness (QED) is 0.841. The Balaban J connectivity index is 0.00000220. The zero-order chi connectivity index (χ0) is 14.5. The van der Waals surface area contributed by atoms with Crippen LogP contribution in [0.3, 0.4) is 0 Å². The average Bonchev–Trinajstić information content (AvgIpc) is 2.62. The first-order valence-corrected chi connectivity index (χ1v) is 7.23. The lowest BCUT2D eigenvalue weighted by molar-refractivity contribution is -0.117. The van der Waals surface area contributed by atoms with E-state index in [1.807, 2.05) is 4.90 Å². The van der Waals surface area contributed by atoms with Gasteiger partial charge in [-0.1, -0.05) is 0 Å². The molecule has 1 aliphatic heterocycles. The molecule has 2 rings (SSSR count). The molecule has 1 amide bonds. The Kier molecular flexibility index (Phi) is 7.51. The zero-order valence-corrected chi connectivity index (χ0v) is 13.7. The molecule has 0 aromatic heterocycles. The highest BCUT2D eigenvalue weighted by Gasteiger charge is 2.16. The van der Waals surface area contributed by atoms with Crippen LogP contribution >= 0.6 is 28.3 Å². The van der Waals surface area contributed by atoms with Crippen molar-refractivity contribution in [2.24, 2.45) is 0 Å². The number of rotatable bonds is 3. The second-order valence-corrected chi connectivity index (χ2v) is 5.53. The van der Waals surface area contributed by atoms with Gasteiger partial charge in [0, 0.05) is 23.6 Å². The van der Waals surface area contributed by atoms with Crippen molar-refractivity contribution in [2.45, 2.75) is 6.42 Å². The first kappa shape index (κ1) is 18.3. The van der Waals surface area contributed by atoms with Crippen molar-refractivity contribution >= 4 is 39.9 Å². The number of anilines is 1. The smallest absolute Gasteiger partial charge is 0.238 e. The number of carbonyl (C=O) groups excluding carboxylic acids is 1. The van der Waals surface area contributed by atoms with Gasteiger partial charge in [-0.25, -0.2) is 8.78 Å². The van der Waals surface area contributed by atoms with E-state index in [2.05, 4.69) is 26.6 Å². The molecule has 0 aliphatic carbocycles. The van der Waals surface area contributed by atoms with Gasteiger partial charge >= 0.3 is 0 Å². The minimum atomic E-state index is -0.789. The van der Waals surface area contributed by atoms with Gasteiger partial charge < -0.3 is 10.6 Å². The van der Waals surface area contributed by atoms with Crippen LogP contribution in [0.5, 0.6) is 0 Å². The lowest BCUT2D eigenvalue weighted by Crippen LogP contribution is -2.35. The number of hydrogen-bond acceptors (Lipinski definition) is 3. The minimum Gasteiger partial charge on any atom is -0.322 e. The van der Waals surface area contributed by atoms with Crippen molar-refractivity contribution in [2.75, 3.05) is 38.0 Å². The summed E-state index contributed by atoms with van der Waals surface area (Å²) < 4.78 is 26.8. The number of amides is 1. The van der Waals surface area contributed by atoms with Crippen LogP contribution in [0.25, 0.3) is 0 Å². The maximum atomic E-state index is 13.6. The molecule has 0 radical (unpaired) electrons. The van der Waals surface area contributed by atoms with Crippen LogP contribution in [0.4, 0.5) is 14.5 Å². The van der Waals surface area contributed by atoms with Crippen molar-refractivity contribution in [3.63, 3.8) is 0 Å². The topological polar surface area (TPSA) is 44.4 Å². The zero-order valence-electron chi connectivity index (χ0n) is 11.3. The minimum absolute atomic E-state index is 0. The summed E-state index contributed by atoms with van der Waals surface area (Å²) in [7, 11) is 0. The monoisotopic (exact) mass is 383 g/mol. The van der Waals surface area contributed by atoms with Gasteiger partial charge in [0.05, 0.1) is 12.2 Å². The fourth-order valence-electron chi connectivity index (χ4n) is 2.10. The maximum absolute atomic E-state index is 13.6. The van der Waals surface area contributed by atoms with Crippen LogP contribution in [0.1, 0.15) is 6.42 Å². The van der Waals surface area contributed by atoms with Gasteiger partial charge in [0.25, 0.3) is 0 Å². The average molecular weight is 385 g/mol. The molecule has 0 atom stereocenters. The molecule has 2 N–H and O–H groups in total. The summed E-state index contributed by atoms with van der Waals surface area (Å²) in [5.74, 6) is -1.79. The first-order chi connectivity index (χ1) is 9.56. The summed E-state index contributed by atoms with van der Waals surface area (Å²) in [6, 6.07) is 1.87. The molecule has 1 aromatic rings. The fraction of sp³-hybridized carbons (Fsp3) is 0.462. The number of nitrogens with zero attached hydrogens (tertiary/aromatic N) is 1. The predicted octanol–water partition coefficient (Wildman–Crippen LogP) is 2.38. The number of hydrogen-bond donors (Lipinski definition) is 2. The number of nitrogens with one attached hydrogen (secondary N) is 2. The predicted molar refractivity (Wildman–Crippen MR) is 83.9 cm³/mol. The second-order valence-electron chi connectivity index (χ2n) is 4.67. The Bertz CT molecular complexity index is 473. The van der Waals surface area contributed by atoms with Crippen molar-refractivity contribution in [3.8, 4) is 0 Å². The van der Waals surface area contributed by atoms with E-state index in [9.17, 15) is 13.6 Å². The summed E-state index contributed by atoms with van der Waals surface area (Å²) in [6.45, 7) is 3.58. The molecule has 8 heteroatoms. The van der Waals surface area contributed by atoms with Gasteiger partial charge in [-0.3, -0.25) is 9.69 Å². The van der Waals surface area contributed by atoms with Crippen LogP contribution in [-0.4, -0.2) is 43.5 Å². The molecular weight excluding hydrogens is 368 g/mol. The van der Waals surface area contributed by atoms with Crippen molar-refractivity contribution in [3.05, 3.63) is 28.2 Å². The molecule has 118 valence electrons. The lowest BCUT2D eigenvalue weighted by atomic mass is 10.3. The van der Waals surface area contributed by atoms with Crippen molar-refractivity contribution in [1.82, 2.24) is 10.2 Å². The van der Waals surface area contributed by atoms with E-state index < -0.39 is 11.6 Å². The van der Waals surface area contributed by atoms with Gasteiger partial charge in [0.1, 0.15) is 5.82 Å². The van der Waals surface area contributed by atoms with Gasteiger partial charge in [0.15, 0.2) is 5.82 Å². The molecule has 0 saturated carbocycles. The van der Waals surface area contributed by atoms with E-state index in [-0.39, 0.29) is 35.0 Å². The summed E-state index contributed by atoms with van der Waals surface area (Å²) >= 11 is 3.05. The number of benzene rings is 1. The van der Waals surface area contributed by atoms with Gasteiger partial charge in [-0.15, -0.1) is 12.4 Å². The normalized spacial score (nSPS) is 16.0. The third-order valence-corrected chi connectivity index (χ3v) is 3.70. The van der Waals surface area contributed by atoms with E-state index in [1.54, 1.807) is 0 Å². The molecule has 1 aromatic carbocycles. The molecule has 21 heavy (non-hydrogen) atoms.